The highest BCUT2D eigenvalue weighted by molar-refractivity contribution is 5.95. The van der Waals surface area contributed by atoms with Crippen molar-refractivity contribution in [2.45, 2.75) is 33.1 Å². The molecule has 0 aromatic carbocycles. The van der Waals surface area contributed by atoms with Crippen molar-refractivity contribution < 1.29 is 4.79 Å². The van der Waals surface area contributed by atoms with Crippen molar-refractivity contribution in [3.05, 3.63) is 11.8 Å². The summed E-state index contributed by atoms with van der Waals surface area (Å²) in [6.07, 6.45) is 4.41. The van der Waals surface area contributed by atoms with Gasteiger partial charge in [-0.25, -0.2) is 0 Å². The van der Waals surface area contributed by atoms with E-state index in [9.17, 15) is 4.79 Å². The van der Waals surface area contributed by atoms with Gasteiger partial charge in [-0.15, -0.1) is 0 Å². The van der Waals surface area contributed by atoms with Gasteiger partial charge in [-0.05, 0) is 39.3 Å². The Hall–Kier alpha value is -1.36. The molecule has 1 aliphatic rings. The van der Waals surface area contributed by atoms with Gasteiger partial charge < -0.3 is 10.6 Å². The molecule has 0 spiro atoms. The fourth-order valence-electron chi connectivity index (χ4n) is 2.37. The standard InChI is InChI=1S/C12H20N4O/c1-3-12(4-6-13-7-5-12)11(17)15-10-9(2)8-14-16-10/h8,13H,3-7H2,1-2H3,(H2,14,15,16,17). The summed E-state index contributed by atoms with van der Waals surface area (Å²) in [5.41, 5.74) is 0.751. The molecular formula is C12H20N4O. The number of anilines is 1. The molecule has 0 saturated carbocycles. The van der Waals surface area contributed by atoms with Gasteiger partial charge in [0.15, 0.2) is 0 Å². The molecule has 3 N–H and O–H groups in total. The van der Waals surface area contributed by atoms with Crippen molar-refractivity contribution in [3.63, 3.8) is 0 Å². The van der Waals surface area contributed by atoms with E-state index < -0.39 is 0 Å². The minimum absolute atomic E-state index is 0.119. The van der Waals surface area contributed by atoms with Gasteiger partial charge in [0.05, 0.1) is 11.6 Å². The number of carbonyl (C=O) groups excluding carboxylic acids is 1. The number of piperidine rings is 1. The number of aryl methyl sites for hydroxylation is 1. The molecule has 0 unspecified atom stereocenters. The largest absolute Gasteiger partial charge is 0.317 e. The van der Waals surface area contributed by atoms with Crippen LogP contribution in [0.3, 0.4) is 0 Å². The lowest BCUT2D eigenvalue weighted by Gasteiger charge is -2.35. The van der Waals surface area contributed by atoms with Gasteiger partial charge in [-0.3, -0.25) is 9.89 Å². The van der Waals surface area contributed by atoms with Crippen molar-refractivity contribution in [2.24, 2.45) is 5.41 Å². The van der Waals surface area contributed by atoms with Crippen molar-refractivity contribution in [1.29, 1.82) is 0 Å². The average molecular weight is 236 g/mol. The minimum atomic E-state index is -0.219. The SMILES string of the molecule is CCC1(C(=O)Nc2[nH]ncc2C)CCNCC1. The van der Waals surface area contributed by atoms with Gasteiger partial charge in [-0.2, -0.15) is 5.10 Å². The molecule has 94 valence electrons. The molecule has 1 aliphatic heterocycles. The minimum Gasteiger partial charge on any atom is -0.317 e. The van der Waals surface area contributed by atoms with Crippen LogP contribution in [0.15, 0.2) is 6.20 Å². The summed E-state index contributed by atoms with van der Waals surface area (Å²) >= 11 is 0. The summed E-state index contributed by atoms with van der Waals surface area (Å²) in [7, 11) is 0. The molecule has 1 aromatic rings. The predicted molar refractivity (Wildman–Crippen MR) is 66.8 cm³/mol. The van der Waals surface area contributed by atoms with E-state index >= 15 is 0 Å². The van der Waals surface area contributed by atoms with Crippen LogP contribution in [0.25, 0.3) is 0 Å². The summed E-state index contributed by atoms with van der Waals surface area (Å²) in [5, 5.41) is 13.0. The van der Waals surface area contributed by atoms with E-state index in [0.29, 0.717) is 0 Å². The van der Waals surface area contributed by atoms with E-state index in [1.807, 2.05) is 6.92 Å². The van der Waals surface area contributed by atoms with Crippen LogP contribution in [-0.4, -0.2) is 29.2 Å². The molecule has 5 nitrogen and oxygen atoms in total. The average Bonchev–Trinajstić information content (AvgIpc) is 2.76. The molecule has 1 fully saturated rings. The Morgan fingerprint density at radius 2 is 2.24 bits per heavy atom. The van der Waals surface area contributed by atoms with Crippen LogP contribution in [0.2, 0.25) is 0 Å². The number of nitrogens with zero attached hydrogens (tertiary/aromatic N) is 1. The Labute approximate surface area is 101 Å². The summed E-state index contributed by atoms with van der Waals surface area (Å²) < 4.78 is 0. The maximum Gasteiger partial charge on any atom is 0.231 e. The van der Waals surface area contributed by atoms with Crippen LogP contribution in [-0.2, 0) is 4.79 Å². The summed E-state index contributed by atoms with van der Waals surface area (Å²) in [4.78, 5) is 12.4. The Morgan fingerprint density at radius 1 is 1.53 bits per heavy atom. The number of carbonyl (C=O) groups is 1. The zero-order valence-corrected chi connectivity index (χ0v) is 10.5. The number of amides is 1. The molecule has 1 amide bonds. The molecule has 0 atom stereocenters. The second-order valence-electron chi connectivity index (χ2n) is 4.77. The third kappa shape index (κ3) is 2.34. The molecule has 0 radical (unpaired) electrons. The molecule has 17 heavy (non-hydrogen) atoms. The van der Waals surface area contributed by atoms with E-state index in [-0.39, 0.29) is 11.3 Å². The second kappa shape index (κ2) is 4.87. The second-order valence-corrected chi connectivity index (χ2v) is 4.77. The molecule has 1 aromatic heterocycles. The van der Waals surface area contributed by atoms with Crippen LogP contribution in [0.5, 0.6) is 0 Å². The topological polar surface area (TPSA) is 69.8 Å². The van der Waals surface area contributed by atoms with E-state index in [1.54, 1.807) is 6.20 Å². The van der Waals surface area contributed by atoms with Crippen LogP contribution in [0.4, 0.5) is 5.82 Å². The molecule has 5 heteroatoms. The lowest BCUT2D eigenvalue weighted by atomic mass is 9.76. The lowest BCUT2D eigenvalue weighted by molar-refractivity contribution is -0.127. The molecule has 2 rings (SSSR count). The van der Waals surface area contributed by atoms with E-state index in [1.165, 1.54) is 0 Å². The Bertz CT molecular complexity index is 393. The highest BCUT2D eigenvalue weighted by atomic mass is 16.2. The van der Waals surface area contributed by atoms with Crippen LogP contribution in [0, 0.1) is 12.3 Å². The summed E-state index contributed by atoms with van der Waals surface area (Å²) in [5.74, 6) is 0.843. The first-order valence-electron chi connectivity index (χ1n) is 6.20. The first kappa shape index (κ1) is 12.1. The highest BCUT2D eigenvalue weighted by Crippen LogP contribution is 2.33. The third-order valence-electron chi connectivity index (χ3n) is 3.79. The number of aromatic nitrogens is 2. The van der Waals surface area contributed by atoms with Gasteiger partial charge in [0.2, 0.25) is 5.91 Å². The first-order valence-corrected chi connectivity index (χ1v) is 6.20. The van der Waals surface area contributed by atoms with Gasteiger partial charge in [0.1, 0.15) is 5.82 Å². The van der Waals surface area contributed by atoms with Gasteiger partial charge >= 0.3 is 0 Å². The Balaban J connectivity index is 2.10. The van der Waals surface area contributed by atoms with Crippen molar-refractivity contribution in [1.82, 2.24) is 15.5 Å². The van der Waals surface area contributed by atoms with Crippen LogP contribution < -0.4 is 10.6 Å². The highest BCUT2D eigenvalue weighted by Gasteiger charge is 2.37. The maximum absolute atomic E-state index is 12.4. The smallest absolute Gasteiger partial charge is 0.231 e. The van der Waals surface area contributed by atoms with E-state index in [0.717, 1.165) is 43.7 Å². The number of aromatic amines is 1. The van der Waals surface area contributed by atoms with E-state index in [2.05, 4.69) is 27.8 Å². The number of rotatable bonds is 3. The fraction of sp³-hybridized carbons (Fsp3) is 0.667. The molecule has 1 saturated heterocycles. The Morgan fingerprint density at radius 3 is 2.76 bits per heavy atom. The monoisotopic (exact) mass is 236 g/mol. The third-order valence-corrected chi connectivity index (χ3v) is 3.79. The van der Waals surface area contributed by atoms with Crippen LogP contribution >= 0.6 is 0 Å². The van der Waals surface area contributed by atoms with Crippen molar-refractivity contribution in [3.8, 4) is 0 Å². The zero-order valence-electron chi connectivity index (χ0n) is 10.5. The summed E-state index contributed by atoms with van der Waals surface area (Å²) in [6, 6.07) is 0. The fourth-order valence-corrected chi connectivity index (χ4v) is 2.37. The zero-order chi connectivity index (χ0) is 12.3. The molecular weight excluding hydrogens is 216 g/mol. The molecule has 2 heterocycles. The van der Waals surface area contributed by atoms with Gasteiger partial charge in [0.25, 0.3) is 0 Å². The maximum atomic E-state index is 12.4. The number of hydrogen-bond donors (Lipinski definition) is 3. The van der Waals surface area contributed by atoms with Crippen molar-refractivity contribution >= 4 is 11.7 Å². The lowest BCUT2D eigenvalue weighted by Crippen LogP contribution is -2.44. The first-order chi connectivity index (χ1) is 8.18. The molecule has 0 bridgehead atoms. The predicted octanol–water partition coefficient (Wildman–Crippen LogP) is 1.44. The number of hydrogen-bond acceptors (Lipinski definition) is 3. The van der Waals surface area contributed by atoms with E-state index in [4.69, 9.17) is 0 Å². The molecule has 0 aliphatic carbocycles. The number of nitrogens with one attached hydrogen (secondary N) is 3. The summed E-state index contributed by atoms with van der Waals surface area (Å²) in [6.45, 7) is 5.86. The normalized spacial score (nSPS) is 18.9. The Kier molecular flexibility index (Phi) is 3.47. The van der Waals surface area contributed by atoms with Gasteiger partial charge in [0, 0.05) is 5.56 Å². The number of H-pyrrole nitrogens is 1. The van der Waals surface area contributed by atoms with Crippen LogP contribution in [0.1, 0.15) is 31.7 Å². The van der Waals surface area contributed by atoms with Gasteiger partial charge in [-0.1, -0.05) is 6.92 Å². The van der Waals surface area contributed by atoms with Crippen molar-refractivity contribution in [2.75, 3.05) is 18.4 Å². The quantitative estimate of drug-likeness (QED) is 0.743.